The molecule has 1 N–H and O–H groups in total. The second-order valence-electron chi connectivity index (χ2n) is 8.50. The average Bonchev–Trinajstić information content (AvgIpc) is 2.76. The first-order chi connectivity index (χ1) is 15.3. The lowest BCUT2D eigenvalue weighted by molar-refractivity contribution is -0.137. The zero-order valence-corrected chi connectivity index (χ0v) is 19.0. The van der Waals surface area contributed by atoms with Gasteiger partial charge in [0.05, 0.1) is 21.2 Å². The normalized spacial score (nSPS) is 21.8. The maximum Gasteiger partial charge on any atom is 0.417 e. The van der Waals surface area contributed by atoms with Crippen LogP contribution < -0.4 is 5.32 Å². The van der Waals surface area contributed by atoms with Crippen LogP contribution in [0.2, 0.25) is 10.0 Å². The first kappa shape index (κ1) is 23.4. The number of nitrogens with zero attached hydrogens (tertiary/aromatic N) is 1. The second-order valence-corrected chi connectivity index (χ2v) is 9.28. The third-order valence-electron chi connectivity index (χ3n) is 6.56. The standard InChI is InChI=1S/C24H25Cl2F3N2O/c25-19-12-11-18(24(27,28)29)22(26)21(19)23(32)30-14-15-6-1-2-9-17(15)20-10-5-8-16-7-3-4-13-31(16)20/h1-2,6,9,11-12,16,20H,3-5,7-8,10,13-14H2,(H,30,32). The van der Waals surface area contributed by atoms with E-state index in [0.717, 1.165) is 30.7 Å². The summed E-state index contributed by atoms with van der Waals surface area (Å²) in [5, 5.41) is 1.94. The molecule has 32 heavy (non-hydrogen) atoms. The predicted molar refractivity (Wildman–Crippen MR) is 120 cm³/mol. The Balaban J connectivity index is 1.55. The van der Waals surface area contributed by atoms with E-state index in [1.165, 1.54) is 37.7 Å². The van der Waals surface area contributed by atoms with Crippen molar-refractivity contribution in [3.63, 3.8) is 0 Å². The summed E-state index contributed by atoms with van der Waals surface area (Å²) in [6.07, 6.45) is 2.47. The average molecular weight is 485 g/mol. The van der Waals surface area contributed by atoms with Crippen LogP contribution in [0.1, 0.15) is 71.6 Å². The van der Waals surface area contributed by atoms with Crippen molar-refractivity contribution < 1.29 is 18.0 Å². The van der Waals surface area contributed by atoms with Gasteiger partial charge in [0.25, 0.3) is 5.91 Å². The van der Waals surface area contributed by atoms with E-state index in [9.17, 15) is 18.0 Å². The van der Waals surface area contributed by atoms with Crippen molar-refractivity contribution >= 4 is 29.1 Å². The molecular weight excluding hydrogens is 460 g/mol. The number of rotatable bonds is 4. The first-order valence-electron chi connectivity index (χ1n) is 10.9. The smallest absolute Gasteiger partial charge is 0.348 e. The number of piperidine rings is 2. The molecule has 2 saturated heterocycles. The van der Waals surface area contributed by atoms with Crippen LogP contribution in [-0.2, 0) is 12.7 Å². The van der Waals surface area contributed by atoms with Crippen molar-refractivity contribution in [3.8, 4) is 0 Å². The third-order valence-corrected chi connectivity index (χ3v) is 7.27. The van der Waals surface area contributed by atoms with Crippen LogP contribution in [0.25, 0.3) is 0 Å². The molecule has 2 heterocycles. The number of benzene rings is 2. The number of carbonyl (C=O) groups excluding carboxylic acids is 1. The maximum atomic E-state index is 13.2. The summed E-state index contributed by atoms with van der Waals surface area (Å²) in [4.78, 5) is 15.4. The largest absolute Gasteiger partial charge is 0.417 e. The summed E-state index contributed by atoms with van der Waals surface area (Å²) in [5.74, 6) is -0.722. The van der Waals surface area contributed by atoms with Gasteiger partial charge in [-0.25, -0.2) is 0 Å². The SMILES string of the molecule is O=C(NCc1ccccc1C1CCCC2CCCCN21)c1c(Cl)ccc(C(F)(F)F)c1Cl. The molecule has 2 fully saturated rings. The minimum atomic E-state index is -4.67. The van der Waals surface area contributed by atoms with Gasteiger partial charge in [0.1, 0.15) is 0 Å². The van der Waals surface area contributed by atoms with Crippen molar-refractivity contribution in [2.75, 3.05) is 6.54 Å². The van der Waals surface area contributed by atoms with Crippen molar-refractivity contribution in [3.05, 3.63) is 68.7 Å². The number of nitrogens with one attached hydrogen (secondary N) is 1. The van der Waals surface area contributed by atoms with E-state index in [-0.39, 0.29) is 17.1 Å². The highest BCUT2D eigenvalue weighted by Gasteiger charge is 2.36. The molecule has 0 saturated carbocycles. The van der Waals surface area contributed by atoms with Gasteiger partial charge in [-0.05, 0) is 61.9 Å². The number of hydrogen-bond acceptors (Lipinski definition) is 2. The topological polar surface area (TPSA) is 32.3 Å². The molecule has 8 heteroatoms. The Morgan fingerprint density at radius 3 is 2.56 bits per heavy atom. The van der Waals surface area contributed by atoms with Gasteiger partial charge in [-0.1, -0.05) is 53.9 Å². The molecule has 0 aliphatic carbocycles. The van der Waals surface area contributed by atoms with E-state index in [2.05, 4.69) is 16.3 Å². The number of hydrogen-bond donors (Lipinski definition) is 1. The molecule has 0 radical (unpaired) electrons. The molecule has 1 amide bonds. The number of amides is 1. The van der Waals surface area contributed by atoms with Crippen LogP contribution in [-0.4, -0.2) is 23.4 Å². The Morgan fingerprint density at radius 1 is 1.03 bits per heavy atom. The molecule has 0 aromatic heterocycles. The van der Waals surface area contributed by atoms with E-state index < -0.39 is 22.7 Å². The minimum absolute atomic E-state index is 0.114. The minimum Gasteiger partial charge on any atom is -0.348 e. The lowest BCUT2D eigenvalue weighted by atomic mass is 9.84. The van der Waals surface area contributed by atoms with E-state index in [0.29, 0.717) is 12.1 Å². The summed E-state index contributed by atoms with van der Waals surface area (Å²) in [6, 6.07) is 10.7. The van der Waals surface area contributed by atoms with Gasteiger partial charge in [0.15, 0.2) is 0 Å². The van der Waals surface area contributed by atoms with Crippen molar-refractivity contribution in [2.45, 2.75) is 63.3 Å². The molecular formula is C24H25Cl2F3N2O. The van der Waals surface area contributed by atoms with Gasteiger partial charge in [-0.3, -0.25) is 9.69 Å². The Kier molecular flexibility index (Phi) is 7.03. The molecule has 3 nitrogen and oxygen atoms in total. The Bertz CT molecular complexity index is 994. The maximum absolute atomic E-state index is 13.2. The van der Waals surface area contributed by atoms with Crippen LogP contribution in [0.15, 0.2) is 36.4 Å². The highest BCUT2D eigenvalue weighted by atomic mass is 35.5. The van der Waals surface area contributed by atoms with Crippen LogP contribution in [0.4, 0.5) is 13.2 Å². The molecule has 2 aliphatic rings. The fraction of sp³-hybridized carbons (Fsp3) is 0.458. The third kappa shape index (κ3) is 4.78. The zero-order valence-electron chi connectivity index (χ0n) is 17.5. The molecule has 2 unspecified atom stereocenters. The van der Waals surface area contributed by atoms with E-state index in [1.807, 2.05) is 18.2 Å². The fourth-order valence-corrected chi connectivity index (χ4v) is 5.70. The fourth-order valence-electron chi connectivity index (χ4n) is 5.05. The molecule has 2 atom stereocenters. The summed E-state index contributed by atoms with van der Waals surface area (Å²) >= 11 is 12.0. The molecule has 2 aromatic carbocycles. The van der Waals surface area contributed by atoms with Gasteiger partial charge in [0, 0.05) is 18.6 Å². The van der Waals surface area contributed by atoms with Crippen molar-refractivity contribution in [1.82, 2.24) is 10.2 Å². The van der Waals surface area contributed by atoms with E-state index in [1.54, 1.807) is 0 Å². The van der Waals surface area contributed by atoms with E-state index >= 15 is 0 Å². The number of halogens is 5. The van der Waals surface area contributed by atoms with Crippen LogP contribution in [0.5, 0.6) is 0 Å². The Hall–Kier alpha value is -1.76. The predicted octanol–water partition coefficient (Wildman–Crippen LogP) is 7.02. The zero-order chi connectivity index (χ0) is 22.9. The lowest BCUT2D eigenvalue weighted by Gasteiger charge is -2.45. The van der Waals surface area contributed by atoms with Crippen molar-refractivity contribution in [2.24, 2.45) is 0 Å². The molecule has 2 aromatic rings. The Labute approximate surface area is 195 Å². The highest BCUT2D eigenvalue weighted by Crippen LogP contribution is 2.40. The second kappa shape index (κ2) is 9.62. The van der Waals surface area contributed by atoms with Crippen molar-refractivity contribution in [1.29, 1.82) is 0 Å². The van der Waals surface area contributed by atoms with Gasteiger partial charge in [0.2, 0.25) is 0 Å². The quantitative estimate of drug-likeness (QED) is 0.505. The lowest BCUT2D eigenvalue weighted by Crippen LogP contribution is -2.45. The monoisotopic (exact) mass is 484 g/mol. The highest BCUT2D eigenvalue weighted by molar-refractivity contribution is 6.40. The van der Waals surface area contributed by atoms with Gasteiger partial charge < -0.3 is 5.32 Å². The van der Waals surface area contributed by atoms with E-state index in [4.69, 9.17) is 23.2 Å². The van der Waals surface area contributed by atoms with Gasteiger partial charge in [-0.15, -0.1) is 0 Å². The van der Waals surface area contributed by atoms with Crippen LogP contribution in [0.3, 0.4) is 0 Å². The number of carbonyl (C=O) groups is 1. The number of fused-ring (bicyclic) bond motifs is 1. The first-order valence-corrected chi connectivity index (χ1v) is 11.7. The summed E-state index contributed by atoms with van der Waals surface area (Å²) < 4.78 is 39.6. The Morgan fingerprint density at radius 2 is 1.78 bits per heavy atom. The van der Waals surface area contributed by atoms with Gasteiger partial charge >= 0.3 is 6.18 Å². The molecule has 172 valence electrons. The summed E-state index contributed by atoms with van der Waals surface area (Å²) in [5.41, 5.74) is 0.693. The molecule has 4 rings (SSSR count). The summed E-state index contributed by atoms with van der Waals surface area (Å²) in [6.45, 7) is 1.26. The molecule has 2 aliphatic heterocycles. The number of alkyl halides is 3. The van der Waals surface area contributed by atoms with Crippen LogP contribution in [0, 0.1) is 0 Å². The molecule has 0 spiro atoms. The summed E-state index contributed by atoms with van der Waals surface area (Å²) in [7, 11) is 0. The van der Waals surface area contributed by atoms with Gasteiger partial charge in [-0.2, -0.15) is 13.2 Å². The molecule has 0 bridgehead atoms. The van der Waals surface area contributed by atoms with Crippen LogP contribution >= 0.6 is 23.2 Å².